The van der Waals surface area contributed by atoms with Gasteiger partial charge in [-0.2, -0.15) is 0 Å². The second kappa shape index (κ2) is 9.08. The molecule has 2 aromatic carbocycles. The number of hydrogen-bond donors (Lipinski definition) is 1. The molecule has 32 heavy (non-hydrogen) atoms. The molecule has 1 heterocycles. The van der Waals surface area contributed by atoms with Gasteiger partial charge in [-0.25, -0.2) is 17.8 Å². The van der Waals surface area contributed by atoms with Crippen LogP contribution in [0.25, 0.3) is 0 Å². The molecule has 0 saturated carbocycles. The van der Waals surface area contributed by atoms with Gasteiger partial charge in [0.2, 0.25) is 0 Å². The number of nitrogens with one attached hydrogen (secondary N) is 1. The number of hydrogen-bond acceptors (Lipinski definition) is 5. The molecule has 0 aliphatic heterocycles. The van der Waals surface area contributed by atoms with Crippen molar-refractivity contribution in [3.8, 4) is 5.75 Å². The monoisotopic (exact) mass is 492 g/mol. The van der Waals surface area contributed by atoms with Crippen LogP contribution in [0.2, 0.25) is 5.02 Å². The van der Waals surface area contributed by atoms with Crippen LogP contribution < -0.4 is 4.74 Å². The Bertz CT molecular complexity index is 1230. The highest BCUT2D eigenvalue weighted by Crippen LogP contribution is 2.31. The molecule has 0 spiro atoms. The van der Waals surface area contributed by atoms with Crippen molar-refractivity contribution in [2.24, 2.45) is 0 Å². The molecule has 0 unspecified atom stereocenters. The maximum absolute atomic E-state index is 13.6. The van der Waals surface area contributed by atoms with E-state index in [2.05, 4.69) is 14.7 Å². The summed E-state index contributed by atoms with van der Waals surface area (Å²) >= 11 is 5.87. The standard InChI is InChI=1S/C20H17ClF4N2O4S/c1-11-19(32(2,28)29)27-18(26-11)17(13-6-7-16(22)15(21)9-13)30-10-12-4-3-5-14(8-12)31-20(23,24)25/h3-9,17H,10H2,1-2H3,(H,26,27)/t17-/m1/s1. The number of sulfone groups is 1. The lowest BCUT2D eigenvalue weighted by Gasteiger charge is -2.17. The topological polar surface area (TPSA) is 81.3 Å². The molecule has 12 heteroatoms. The average molecular weight is 493 g/mol. The molecular formula is C20H17ClF4N2O4S. The summed E-state index contributed by atoms with van der Waals surface area (Å²) in [7, 11) is -3.64. The number of aryl methyl sites for hydroxylation is 1. The summed E-state index contributed by atoms with van der Waals surface area (Å²) in [5.74, 6) is -0.986. The molecule has 0 fully saturated rings. The van der Waals surface area contributed by atoms with Crippen molar-refractivity contribution in [3.63, 3.8) is 0 Å². The van der Waals surface area contributed by atoms with Crippen LogP contribution in [0.4, 0.5) is 17.6 Å². The minimum Gasteiger partial charge on any atom is -0.406 e. The number of imidazole rings is 1. The Balaban J connectivity index is 1.94. The normalized spacial score (nSPS) is 13.2. The number of alkyl halides is 3. The fourth-order valence-corrected chi connectivity index (χ4v) is 4.03. The van der Waals surface area contributed by atoms with E-state index in [1.807, 2.05) is 0 Å². The van der Waals surface area contributed by atoms with Gasteiger partial charge in [0.15, 0.2) is 14.9 Å². The Hall–Kier alpha value is -2.63. The second-order valence-corrected chi connectivity index (χ2v) is 9.22. The van der Waals surface area contributed by atoms with E-state index in [9.17, 15) is 26.0 Å². The third-order valence-electron chi connectivity index (χ3n) is 4.25. The van der Waals surface area contributed by atoms with E-state index in [1.165, 1.54) is 31.2 Å². The van der Waals surface area contributed by atoms with Crippen molar-refractivity contribution in [1.29, 1.82) is 0 Å². The van der Waals surface area contributed by atoms with Crippen molar-refractivity contribution >= 4 is 21.4 Å². The van der Waals surface area contributed by atoms with Gasteiger partial charge in [0.25, 0.3) is 0 Å². The molecule has 0 radical (unpaired) electrons. The summed E-state index contributed by atoms with van der Waals surface area (Å²) in [5.41, 5.74) is 0.967. The van der Waals surface area contributed by atoms with Crippen molar-refractivity contribution in [2.75, 3.05) is 6.26 Å². The fraction of sp³-hybridized carbons (Fsp3) is 0.250. The summed E-state index contributed by atoms with van der Waals surface area (Å²) in [6.07, 6.45) is -4.87. The van der Waals surface area contributed by atoms with Gasteiger partial charge in [0.1, 0.15) is 23.5 Å². The average Bonchev–Trinajstić information content (AvgIpc) is 3.05. The first-order chi connectivity index (χ1) is 14.8. The van der Waals surface area contributed by atoms with Gasteiger partial charge in [-0.3, -0.25) is 0 Å². The molecule has 0 amide bonds. The molecule has 1 N–H and O–H groups in total. The quantitative estimate of drug-likeness (QED) is 0.463. The molecule has 3 rings (SSSR count). The maximum Gasteiger partial charge on any atom is 0.573 e. The van der Waals surface area contributed by atoms with Crippen LogP contribution in [-0.4, -0.2) is 31.0 Å². The highest BCUT2D eigenvalue weighted by molar-refractivity contribution is 7.90. The van der Waals surface area contributed by atoms with Crippen LogP contribution in [0.5, 0.6) is 5.75 Å². The van der Waals surface area contributed by atoms with Crippen LogP contribution in [0.3, 0.4) is 0 Å². The number of aromatic nitrogens is 2. The maximum atomic E-state index is 13.6. The summed E-state index contributed by atoms with van der Waals surface area (Å²) in [5, 5.41) is -0.377. The number of ether oxygens (including phenoxy) is 2. The van der Waals surface area contributed by atoms with Crippen LogP contribution in [0.15, 0.2) is 47.5 Å². The Morgan fingerprint density at radius 3 is 2.50 bits per heavy atom. The third-order valence-corrected chi connectivity index (χ3v) is 5.64. The van der Waals surface area contributed by atoms with Crippen molar-refractivity contribution in [3.05, 3.63) is 75.9 Å². The lowest BCUT2D eigenvalue weighted by Crippen LogP contribution is -2.17. The summed E-state index contributed by atoms with van der Waals surface area (Å²) in [4.78, 5) is 6.95. The third kappa shape index (κ3) is 5.99. The molecule has 172 valence electrons. The molecular weight excluding hydrogens is 476 g/mol. The summed E-state index contributed by atoms with van der Waals surface area (Å²) in [6, 6.07) is 8.96. The van der Waals surface area contributed by atoms with Crippen molar-refractivity contribution in [2.45, 2.75) is 31.0 Å². The zero-order valence-electron chi connectivity index (χ0n) is 16.7. The number of nitrogens with zero attached hydrogens (tertiary/aromatic N) is 1. The van der Waals surface area contributed by atoms with E-state index < -0.39 is 33.9 Å². The molecule has 3 aromatic rings. The molecule has 0 saturated heterocycles. The van der Waals surface area contributed by atoms with Crippen LogP contribution >= 0.6 is 11.6 Å². The predicted molar refractivity (Wildman–Crippen MR) is 108 cm³/mol. The number of benzene rings is 2. The van der Waals surface area contributed by atoms with Gasteiger partial charge in [0.05, 0.1) is 17.3 Å². The Labute approximate surface area is 186 Å². The Morgan fingerprint density at radius 2 is 1.91 bits per heavy atom. The first kappa shape index (κ1) is 24.0. The number of halogens is 5. The number of rotatable bonds is 7. The van der Waals surface area contributed by atoms with E-state index in [1.54, 1.807) is 0 Å². The lowest BCUT2D eigenvalue weighted by molar-refractivity contribution is -0.274. The van der Waals surface area contributed by atoms with E-state index in [4.69, 9.17) is 16.3 Å². The largest absolute Gasteiger partial charge is 0.573 e. The predicted octanol–water partition coefficient (Wildman–Crippen LogP) is 5.12. The Kier molecular flexibility index (Phi) is 6.82. The first-order valence-electron chi connectivity index (χ1n) is 9.01. The van der Waals surface area contributed by atoms with Gasteiger partial charge < -0.3 is 14.5 Å². The molecule has 0 aliphatic carbocycles. The van der Waals surface area contributed by atoms with Crippen molar-refractivity contribution in [1.82, 2.24) is 9.97 Å². The number of aromatic amines is 1. The molecule has 0 bridgehead atoms. The smallest absolute Gasteiger partial charge is 0.406 e. The van der Waals surface area contributed by atoms with E-state index >= 15 is 0 Å². The molecule has 6 nitrogen and oxygen atoms in total. The van der Waals surface area contributed by atoms with Crippen LogP contribution in [0.1, 0.15) is 28.7 Å². The van der Waals surface area contributed by atoms with E-state index in [0.29, 0.717) is 11.1 Å². The van der Waals surface area contributed by atoms with Crippen LogP contribution in [0, 0.1) is 12.7 Å². The van der Waals surface area contributed by atoms with Crippen LogP contribution in [-0.2, 0) is 21.2 Å². The minimum atomic E-state index is -4.85. The molecule has 1 aromatic heterocycles. The van der Waals surface area contributed by atoms with Gasteiger partial charge >= 0.3 is 6.36 Å². The SMILES string of the molecule is Cc1[nH]c([C@H](OCc2cccc(OC(F)(F)F)c2)c2ccc(F)c(Cl)c2)nc1S(C)(=O)=O. The van der Waals surface area contributed by atoms with Crippen molar-refractivity contribution < 1.29 is 35.5 Å². The highest BCUT2D eigenvalue weighted by atomic mass is 35.5. The van der Waals surface area contributed by atoms with E-state index in [0.717, 1.165) is 24.5 Å². The molecule has 1 atom stereocenters. The van der Waals surface area contributed by atoms with Gasteiger partial charge in [-0.1, -0.05) is 29.8 Å². The van der Waals surface area contributed by atoms with Gasteiger partial charge in [-0.15, -0.1) is 13.2 Å². The second-order valence-electron chi connectivity index (χ2n) is 6.88. The fourth-order valence-electron chi connectivity index (χ4n) is 2.97. The van der Waals surface area contributed by atoms with Gasteiger partial charge in [0, 0.05) is 6.26 Å². The Morgan fingerprint density at radius 1 is 1.19 bits per heavy atom. The summed E-state index contributed by atoms with van der Waals surface area (Å²) < 4.78 is 84.7. The first-order valence-corrected chi connectivity index (χ1v) is 11.3. The van der Waals surface area contributed by atoms with Gasteiger partial charge in [-0.05, 0) is 42.3 Å². The zero-order chi connectivity index (χ0) is 23.7. The summed E-state index contributed by atoms with van der Waals surface area (Å²) in [6.45, 7) is 1.32. The highest BCUT2D eigenvalue weighted by Gasteiger charge is 2.31. The molecule has 0 aliphatic rings. The minimum absolute atomic E-state index is 0.105. The lowest BCUT2D eigenvalue weighted by atomic mass is 10.1. The zero-order valence-corrected chi connectivity index (χ0v) is 18.3. The van der Waals surface area contributed by atoms with E-state index in [-0.39, 0.29) is 28.2 Å². The number of H-pyrrole nitrogens is 1.